The van der Waals surface area contributed by atoms with Crippen LogP contribution >= 0.6 is 11.8 Å². The van der Waals surface area contributed by atoms with E-state index in [4.69, 9.17) is 20.4 Å². The quantitative estimate of drug-likeness (QED) is 0.223. The Balaban J connectivity index is 0.000000580. The number of nitrogens with zero attached hydrogens (tertiary/aromatic N) is 3. The third kappa shape index (κ3) is 12.3. The number of nitrogens with one attached hydrogen (secondary N) is 1. The molecule has 3 rings (SSSR count). The molecular formula is C30H40N4O9S. The summed E-state index contributed by atoms with van der Waals surface area (Å²) in [6, 6.07) is 18.2. The first kappa shape index (κ1) is 36.2. The highest BCUT2D eigenvalue weighted by Gasteiger charge is 2.29. The van der Waals surface area contributed by atoms with Gasteiger partial charge >= 0.3 is 18.0 Å². The van der Waals surface area contributed by atoms with Crippen LogP contribution in [-0.2, 0) is 20.8 Å². The lowest BCUT2D eigenvalue weighted by Gasteiger charge is -2.34. The van der Waals surface area contributed by atoms with E-state index in [1.165, 1.54) is 11.8 Å². The maximum atomic E-state index is 13.1. The number of likely N-dealkylation sites (N-methyl/N-ethyl adjacent to an activating group) is 1. The molecule has 1 aliphatic heterocycles. The number of aliphatic carboxylic acids is 2. The number of carboxylic acid groups (broad SMARTS) is 2. The van der Waals surface area contributed by atoms with Crippen LogP contribution in [0.25, 0.3) is 0 Å². The Hall–Kier alpha value is -3.98. The smallest absolute Gasteiger partial charge is 0.335 e. The summed E-state index contributed by atoms with van der Waals surface area (Å²) in [7, 11) is 2.04. The standard InChI is InChI=1S/C26H34N4O3S.C4H6O6/c1-21(24(31)29-17-15-28(2)16-18-29)27-26(33)30(14-13-22-9-5-3-6-10-22)19-20-34-25(32)23-11-7-4-8-12-23;5-1(3(7)8)2(6)4(9)10/h3-12,21H,13-20H2,1-2H3,(H,27,33);1-2,5-6H,(H,7,8)(H,9,10)/t21-;1-,2-/m01/s1. The topological polar surface area (TPSA) is 188 Å². The summed E-state index contributed by atoms with van der Waals surface area (Å²) in [5.41, 5.74) is 1.79. The van der Waals surface area contributed by atoms with E-state index in [-0.39, 0.29) is 17.1 Å². The van der Waals surface area contributed by atoms with Gasteiger partial charge in [0.2, 0.25) is 11.0 Å². The predicted octanol–water partition coefficient (Wildman–Crippen LogP) is 0.854. The molecule has 5 N–H and O–H groups in total. The number of carbonyl (C=O) groups excluding carboxylic acids is 3. The molecule has 0 unspecified atom stereocenters. The molecule has 1 aliphatic rings. The first-order valence-corrected chi connectivity index (χ1v) is 15.0. The third-order valence-electron chi connectivity index (χ3n) is 6.73. The Morgan fingerprint density at radius 2 is 1.36 bits per heavy atom. The van der Waals surface area contributed by atoms with Gasteiger partial charge in [0.25, 0.3) is 0 Å². The number of urea groups is 1. The highest BCUT2D eigenvalue weighted by Crippen LogP contribution is 2.13. The molecule has 1 fully saturated rings. The molecule has 1 saturated heterocycles. The number of benzene rings is 2. The fourth-order valence-corrected chi connectivity index (χ4v) is 4.84. The SMILES string of the molecule is C[C@H](NC(=O)N(CCSC(=O)c1ccccc1)CCc1ccccc1)C(=O)N1CCN(C)CC1.O=C(O)[C@H](O)[C@@H](O)C(=O)O. The van der Waals surface area contributed by atoms with Gasteiger partial charge in [-0.25, -0.2) is 14.4 Å². The maximum absolute atomic E-state index is 13.1. The van der Waals surface area contributed by atoms with Gasteiger partial charge in [-0.15, -0.1) is 0 Å². The molecule has 13 nitrogen and oxygen atoms in total. The van der Waals surface area contributed by atoms with Crippen molar-refractivity contribution in [3.05, 3.63) is 71.8 Å². The van der Waals surface area contributed by atoms with Crippen molar-refractivity contribution < 1.29 is 44.4 Å². The fraction of sp³-hybridized carbons (Fsp3) is 0.433. The molecule has 44 heavy (non-hydrogen) atoms. The summed E-state index contributed by atoms with van der Waals surface area (Å²) in [6.45, 7) is 5.67. The van der Waals surface area contributed by atoms with Gasteiger partial charge in [-0.3, -0.25) is 9.59 Å². The zero-order valence-electron chi connectivity index (χ0n) is 24.7. The molecule has 14 heteroatoms. The van der Waals surface area contributed by atoms with Crippen LogP contribution in [0.5, 0.6) is 0 Å². The van der Waals surface area contributed by atoms with Crippen molar-refractivity contribution >= 4 is 40.8 Å². The number of carbonyl (C=O) groups is 5. The molecule has 0 saturated carbocycles. The molecule has 1 heterocycles. The average molecular weight is 633 g/mol. The largest absolute Gasteiger partial charge is 0.479 e. The monoisotopic (exact) mass is 632 g/mol. The Labute approximate surface area is 260 Å². The van der Waals surface area contributed by atoms with Crippen molar-refractivity contribution in [2.75, 3.05) is 52.1 Å². The number of amides is 3. The minimum absolute atomic E-state index is 0.0115. The summed E-state index contributed by atoms with van der Waals surface area (Å²) >= 11 is 1.20. The van der Waals surface area contributed by atoms with Gasteiger partial charge < -0.3 is 40.4 Å². The molecule has 0 radical (unpaired) electrons. The van der Waals surface area contributed by atoms with Gasteiger partial charge in [-0.1, -0.05) is 72.4 Å². The summed E-state index contributed by atoms with van der Waals surface area (Å²) in [5, 5.41) is 35.4. The first-order chi connectivity index (χ1) is 20.9. The molecule has 2 aromatic carbocycles. The van der Waals surface area contributed by atoms with E-state index >= 15 is 0 Å². The second-order valence-corrected chi connectivity index (χ2v) is 11.2. The van der Waals surface area contributed by atoms with E-state index in [9.17, 15) is 24.0 Å². The highest BCUT2D eigenvalue weighted by atomic mass is 32.2. The molecule has 3 amide bonds. The number of hydrogen-bond acceptors (Lipinski definition) is 9. The van der Waals surface area contributed by atoms with Gasteiger partial charge in [0.1, 0.15) is 6.04 Å². The lowest BCUT2D eigenvalue weighted by Crippen LogP contribution is -2.55. The molecular weight excluding hydrogens is 592 g/mol. The van der Waals surface area contributed by atoms with Crippen LogP contribution in [0.1, 0.15) is 22.8 Å². The lowest BCUT2D eigenvalue weighted by molar-refractivity contribution is -0.165. The van der Waals surface area contributed by atoms with Crippen LogP contribution in [0, 0.1) is 0 Å². The first-order valence-electron chi connectivity index (χ1n) is 14.0. The van der Waals surface area contributed by atoms with Gasteiger partial charge in [-0.2, -0.15) is 0 Å². The average Bonchev–Trinajstić information content (AvgIpc) is 3.02. The number of aliphatic hydroxyl groups is 2. The van der Waals surface area contributed by atoms with E-state index in [1.807, 2.05) is 60.5 Å². The number of hydrogen-bond donors (Lipinski definition) is 5. The van der Waals surface area contributed by atoms with Crippen molar-refractivity contribution in [3.63, 3.8) is 0 Å². The fourth-order valence-electron chi connectivity index (χ4n) is 4.04. The Morgan fingerprint density at radius 3 is 1.89 bits per heavy atom. The van der Waals surface area contributed by atoms with Crippen molar-refractivity contribution in [2.45, 2.75) is 31.6 Å². The van der Waals surface area contributed by atoms with Gasteiger partial charge in [0.05, 0.1) is 0 Å². The molecule has 2 aromatic rings. The molecule has 0 aromatic heterocycles. The van der Waals surface area contributed by atoms with Crippen molar-refractivity contribution in [1.82, 2.24) is 20.0 Å². The summed E-state index contributed by atoms with van der Waals surface area (Å²) in [4.78, 5) is 63.6. The highest BCUT2D eigenvalue weighted by molar-refractivity contribution is 8.14. The summed E-state index contributed by atoms with van der Waals surface area (Å²) in [6.07, 6.45) is -3.83. The molecule has 0 bridgehead atoms. The number of aliphatic hydroxyl groups excluding tert-OH is 2. The second kappa shape index (κ2) is 18.6. The number of rotatable bonds is 12. The van der Waals surface area contributed by atoms with Crippen LogP contribution in [0.3, 0.4) is 0 Å². The van der Waals surface area contributed by atoms with E-state index < -0.39 is 30.2 Å². The molecule has 240 valence electrons. The zero-order valence-corrected chi connectivity index (χ0v) is 25.6. The number of carboxylic acids is 2. The van der Waals surface area contributed by atoms with E-state index in [2.05, 4.69) is 10.2 Å². The zero-order chi connectivity index (χ0) is 32.6. The van der Waals surface area contributed by atoms with E-state index in [1.54, 1.807) is 24.0 Å². The summed E-state index contributed by atoms with van der Waals surface area (Å²) < 4.78 is 0. The van der Waals surface area contributed by atoms with Crippen LogP contribution < -0.4 is 5.32 Å². The van der Waals surface area contributed by atoms with Crippen LogP contribution in [0.15, 0.2) is 60.7 Å². The van der Waals surface area contributed by atoms with Crippen molar-refractivity contribution in [3.8, 4) is 0 Å². The van der Waals surface area contributed by atoms with E-state index in [0.717, 1.165) is 18.7 Å². The lowest BCUT2D eigenvalue weighted by atomic mass is 10.1. The predicted molar refractivity (Wildman–Crippen MR) is 164 cm³/mol. The second-order valence-electron chi connectivity index (χ2n) is 10.1. The van der Waals surface area contributed by atoms with Crippen molar-refractivity contribution in [1.29, 1.82) is 0 Å². The molecule has 3 atom stereocenters. The Kier molecular flexibility index (Phi) is 15.3. The van der Waals surface area contributed by atoms with Gasteiger partial charge in [0, 0.05) is 50.6 Å². The Morgan fingerprint density at radius 1 is 0.841 bits per heavy atom. The third-order valence-corrected chi connectivity index (χ3v) is 7.62. The van der Waals surface area contributed by atoms with Gasteiger partial charge in [0.15, 0.2) is 12.2 Å². The summed E-state index contributed by atoms with van der Waals surface area (Å²) in [5.74, 6) is -3.11. The minimum Gasteiger partial charge on any atom is -0.479 e. The Bertz CT molecular complexity index is 1210. The van der Waals surface area contributed by atoms with Crippen LogP contribution in [0.2, 0.25) is 0 Å². The van der Waals surface area contributed by atoms with E-state index in [0.29, 0.717) is 43.9 Å². The van der Waals surface area contributed by atoms with Crippen LogP contribution in [-0.4, -0.2) is 134 Å². The van der Waals surface area contributed by atoms with Gasteiger partial charge in [-0.05, 0) is 26.0 Å². The minimum atomic E-state index is -2.27. The maximum Gasteiger partial charge on any atom is 0.335 e. The number of piperazine rings is 1. The van der Waals surface area contributed by atoms with Crippen LogP contribution in [0.4, 0.5) is 4.79 Å². The normalized spacial score (nSPS) is 15.1. The molecule has 0 aliphatic carbocycles. The number of thioether (sulfide) groups is 1. The molecule has 0 spiro atoms. The van der Waals surface area contributed by atoms with Crippen molar-refractivity contribution in [2.24, 2.45) is 0 Å².